The molecule has 3 rings (SSSR count). The summed E-state index contributed by atoms with van der Waals surface area (Å²) in [5, 5.41) is 14.0. The molecule has 0 bridgehead atoms. The number of hydrogen-bond donors (Lipinski definition) is 1. The van der Waals surface area contributed by atoms with Gasteiger partial charge in [0.2, 0.25) is 0 Å². The number of rotatable bonds is 5. The summed E-state index contributed by atoms with van der Waals surface area (Å²) >= 11 is 0. The minimum absolute atomic E-state index is 0.0697. The lowest BCUT2D eigenvalue weighted by molar-refractivity contribution is 0.0549. The van der Waals surface area contributed by atoms with Crippen LogP contribution in [0, 0.1) is 13.8 Å². The van der Waals surface area contributed by atoms with E-state index in [4.69, 9.17) is 9.47 Å². The van der Waals surface area contributed by atoms with Crippen molar-refractivity contribution in [1.82, 2.24) is 9.78 Å². The molecule has 1 N–H and O–H groups in total. The summed E-state index contributed by atoms with van der Waals surface area (Å²) in [6, 6.07) is 11.9. The molecule has 2 aromatic carbocycles. The van der Waals surface area contributed by atoms with Crippen molar-refractivity contribution < 1.29 is 29.0 Å². The lowest BCUT2D eigenvalue weighted by Crippen LogP contribution is -2.15. The van der Waals surface area contributed by atoms with Gasteiger partial charge in [-0.15, -0.1) is 0 Å². The van der Waals surface area contributed by atoms with Crippen molar-refractivity contribution in [3.8, 4) is 16.9 Å². The number of aryl methyl sites for hydroxylation is 2. The second-order valence-electron chi connectivity index (χ2n) is 6.59. The van der Waals surface area contributed by atoms with Gasteiger partial charge in [-0.05, 0) is 43.2 Å². The Hall–Kier alpha value is -3.94. The zero-order valence-corrected chi connectivity index (χ0v) is 16.9. The van der Waals surface area contributed by atoms with Crippen molar-refractivity contribution in [3.63, 3.8) is 0 Å². The van der Waals surface area contributed by atoms with E-state index in [1.807, 2.05) is 0 Å². The summed E-state index contributed by atoms with van der Waals surface area (Å²) in [6.45, 7) is 3.46. The molecule has 0 spiro atoms. The Morgan fingerprint density at radius 2 is 1.57 bits per heavy atom. The number of carboxylic acid groups (broad SMARTS) is 1. The molecule has 0 aliphatic rings. The molecule has 0 radical (unpaired) electrons. The summed E-state index contributed by atoms with van der Waals surface area (Å²) in [7, 11) is 2.39. The summed E-state index contributed by atoms with van der Waals surface area (Å²) in [4.78, 5) is 37.0. The number of ether oxygens (including phenoxy) is 2. The molecule has 8 nitrogen and oxygen atoms in total. The standard InChI is InChI=1S/C22H20N2O6/c1-12-10-13(2)16(20(25)26)11-15(12)18-17(21(27)29-3)19(22(28)30-4)24(23-18)14-8-6-5-7-9-14/h5-11H,1-4H3,(H,25,26). The topological polar surface area (TPSA) is 108 Å². The minimum Gasteiger partial charge on any atom is -0.478 e. The van der Waals surface area contributed by atoms with Gasteiger partial charge in [0, 0.05) is 5.56 Å². The third kappa shape index (κ3) is 3.55. The van der Waals surface area contributed by atoms with Gasteiger partial charge in [-0.2, -0.15) is 5.10 Å². The van der Waals surface area contributed by atoms with Crippen LogP contribution < -0.4 is 0 Å². The van der Waals surface area contributed by atoms with Crippen LogP contribution in [0.25, 0.3) is 16.9 Å². The monoisotopic (exact) mass is 408 g/mol. The van der Waals surface area contributed by atoms with E-state index in [1.54, 1.807) is 50.2 Å². The first-order valence-electron chi connectivity index (χ1n) is 9.00. The first-order valence-corrected chi connectivity index (χ1v) is 9.00. The highest BCUT2D eigenvalue weighted by molar-refractivity contribution is 6.07. The molecule has 0 amide bonds. The van der Waals surface area contributed by atoms with Gasteiger partial charge in [-0.3, -0.25) is 0 Å². The SMILES string of the molecule is COC(=O)c1c(-c2cc(C(=O)O)c(C)cc2C)nn(-c2ccccc2)c1C(=O)OC. The van der Waals surface area contributed by atoms with Crippen LogP contribution in [-0.2, 0) is 9.47 Å². The van der Waals surface area contributed by atoms with Crippen molar-refractivity contribution in [2.45, 2.75) is 13.8 Å². The highest BCUT2D eigenvalue weighted by atomic mass is 16.5. The van der Waals surface area contributed by atoms with Crippen molar-refractivity contribution in [3.05, 3.63) is 70.4 Å². The van der Waals surface area contributed by atoms with E-state index in [1.165, 1.54) is 25.0 Å². The number of nitrogens with zero attached hydrogens (tertiary/aromatic N) is 2. The number of aromatic nitrogens is 2. The molecular weight excluding hydrogens is 388 g/mol. The number of hydrogen-bond acceptors (Lipinski definition) is 6. The molecule has 1 heterocycles. The Balaban J connectivity index is 2.42. The van der Waals surface area contributed by atoms with Crippen LogP contribution in [-0.4, -0.2) is 47.0 Å². The van der Waals surface area contributed by atoms with Crippen LogP contribution in [0.1, 0.15) is 42.3 Å². The van der Waals surface area contributed by atoms with E-state index in [2.05, 4.69) is 5.10 Å². The van der Waals surface area contributed by atoms with Crippen LogP contribution in [0.2, 0.25) is 0 Å². The third-order valence-electron chi connectivity index (χ3n) is 4.71. The van der Waals surface area contributed by atoms with Gasteiger partial charge in [0.05, 0.1) is 25.5 Å². The van der Waals surface area contributed by atoms with Crippen LogP contribution in [0.4, 0.5) is 0 Å². The van der Waals surface area contributed by atoms with Crippen LogP contribution >= 0.6 is 0 Å². The maximum Gasteiger partial charge on any atom is 0.357 e. The highest BCUT2D eigenvalue weighted by Gasteiger charge is 2.32. The lowest BCUT2D eigenvalue weighted by atomic mass is 9.95. The first kappa shape index (κ1) is 20.8. The Labute approximate surface area is 172 Å². The number of methoxy groups -OCH3 is 2. The van der Waals surface area contributed by atoms with Crippen LogP contribution in [0.3, 0.4) is 0 Å². The molecule has 0 saturated carbocycles. The molecule has 0 atom stereocenters. The summed E-state index contributed by atoms with van der Waals surface area (Å²) in [6.07, 6.45) is 0. The van der Waals surface area contributed by atoms with Crippen molar-refractivity contribution >= 4 is 17.9 Å². The molecule has 1 aromatic heterocycles. The highest BCUT2D eigenvalue weighted by Crippen LogP contribution is 2.32. The smallest absolute Gasteiger partial charge is 0.357 e. The Morgan fingerprint density at radius 1 is 0.933 bits per heavy atom. The van der Waals surface area contributed by atoms with Gasteiger partial charge in [0.1, 0.15) is 11.3 Å². The Morgan fingerprint density at radius 3 is 2.13 bits per heavy atom. The van der Waals surface area contributed by atoms with E-state index < -0.39 is 17.9 Å². The zero-order chi connectivity index (χ0) is 22.0. The Kier molecular flexibility index (Phi) is 5.68. The molecule has 154 valence electrons. The number of para-hydroxylation sites is 1. The summed E-state index contributed by atoms with van der Waals surface area (Å²) in [5.41, 5.74) is 2.18. The maximum absolute atomic E-state index is 12.7. The molecule has 3 aromatic rings. The maximum atomic E-state index is 12.7. The normalized spacial score (nSPS) is 10.5. The summed E-state index contributed by atoms with van der Waals surface area (Å²) in [5.74, 6) is -2.67. The fourth-order valence-electron chi connectivity index (χ4n) is 3.28. The predicted molar refractivity (Wildman–Crippen MR) is 108 cm³/mol. The van der Waals surface area contributed by atoms with E-state index >= 15 is 0 Å². The third-order valence-corrected chi connectivity index (χ3v) is 4.71. The molecule has 0 aliphatic carbocycles. The van der Waals surface area contributed by atoms with E-state index in [9.17, 15) is 19.5 Å². The quantitative estimate of drug-likeness (QED) is 0.645. The van der Waals surface area contributed by atoms with Gasteiger partial charge in [0.15, 0.2) is 5.69 Å². The number of benzene rings is 2. The number of carbonyl (C=O) groups excluding carboxylic acids is 2. The largest absolute Gasteiger partial charge is 0.478 e. The molecule has 8 heteroatoms. The summed E-state index contributed by atoms with van der Waals surface area (Å²) < 4.78 is 11.1. The van der Waals surface area contributed by atoms with Gasteiger partial charge in [-0.25, -0.2) is 19.1 Å². The number of esters is 2. The van der Waals surface area contributed by atoms with Crippen molar-refractivity contribution in [2.24, 2.45) is 0 Å². The zero-order valence-electron chi connectivity index (χ0n) is 16.9. The van der Waals surface area contributed by atoms with Gasteiger partial charge >= 0.3 is 17.9 Å². The first-order chi connectivity index (χ1) is 14.3. The lowest BCUT2D eigenvalue weighted by Gasteiger charge is -2.09. The molecule has 0 fully saturated rings. The van der Waals surface area contributed by atoms with E-state index in [0.29, 0.717) is 22.4 Å². The average Bonchev–Trinajstić information content (AvgIpc) is 3.13. The molecule has 0 aliphatic heterocycles. The number of carbonyl (C=O) groups is 3. The molecule has 30 heavy (non-hydrogen) atoms. The fraction of sp³-hybridized carbons (Fsp3) is 0.182. The van der Waals surface area contributed by atoms with Crippen molar-refractivity contribution in [1.29, 1.82) is 0 Å². The van der Waals surface area contributed by atoms with E-state index in [-0.39, 0.29) is 22.5 Å². The van der Waals surface area contributed by atoms with Gasteiger partial charge < -0.3 is 14.6 Å². The van der Waals surface area contributed by atoms with Crippen molar-refractivity contribution in [2.75, 3.05) is 14.2 Å². The van der Waals surface area contributed by atoms with Gasteiger partial charge in [-0.1, -0.05) is 24.3 Å². The second kappa shape index (κ2) is 8.20. The predicted octanol–water partition coefficient (Wildman–Crippen LogP) is 3.43. The van der Waals surface area contributed by atoms with E-state index in [0.717, 1.165) is 0 Å². The van der Waals surface area contributed by atoms with Gasteiger partial charge in [0.25, 0.3) is 0 Å². The molecular formula is C22H20N2O6. The Bertz CT molecular complexity index is 1150. The number of aromatic carboxylic acids is 1. The fourth-order valence-corrected chi connectivity index (χ4v) is 3.28. The van der Waals surface area contributed by atoms with Crippen LogP contribution in [0.5, 0.6) is 0 Å². The average molecular weight is 408 g/mol. The number of carboxylic acids is 1. The van der Waals surface area contributed by atoms with Crippen LogP contribution in [0.15, 0.2) is 42.5 Å². The minimum atomic E-state index is -1.11. The second-order valence-corrected chi connectivity index (χ2v) is 6.59. The molecule has 0 unspecified atom stereocenters. The molecule has 0 saturated heterocycles.